The third-order valence-corrected chi connectivity index (χ3v) is 6.94. The number of hydrazone groups is 1. The van der Waals surface area contributed by atoms with Crippen LogP contribution in [0.1, 0.15) is 16.7 Å². The molecule has 3 rings (SSSR count). The first-order chi connectivity index (χ1) is 16.0. The van der Waals surface area contributed by atoms with Crippen LogP contribution >= 0.6 is 15.9 Å². The van der Waals surface area contributed by atoms with Crippen molar-refractivity contribution in [1.29, 1.82) is 0 Å². The SMILES string of the molecule is Cc1ccc(S(=O)(=O)N(CC(=O)N/N=C\c2cccc(C(F)(F)F)c2)c2ccc(Br)cc2)cc1. The Kier molecular flexibility index (Phi) is 7.78. The summed E-state index contributed by atoms with van der Waals surface area (Å²) >= 11 is 3.29. The van der Waals surface area contributed by atoms with Crippen LogP contribution in [0.2, 0.25) is 0 Å². The van der Waals surface area contributed by atoms with E-state index < -0.39 is 34.2 Å². The number of carbonyl (C=O) groups excluding carboxylic acids is 1. The molecular weight excluding hydrogens is 535 g/mol. The smallest absolute Gasteiger partial charge is 0.271 e. The molecule has 0 aliphatic heterocycles. The summed E-state index contributed by atoms with van der Waals surface area (Å²) in [5.41, 5.74) is 2.55. The summed E-state index contributed by atoms with van der Waals surface area (Å²) in [6.45, 7) is 1.22. The van der Waals surface area contributed by atoms with Gasteiger partial charge in [-0.25, -0.2) is 13.8 Å². The van der Waals surface area contributed by atoms with Gasteiger partial charge >= 0.3 is 6.18 Å². The van der Waals surface area contributed by atoms with E-state index in [0.717, 1.165) is 32.7 Å². The van der Waals surface area contributed by atoms with E-state index in [0.29, 0.717) is 0 Å². The third-order valence-electron chi connectivity index (χ3n) is 4.63. The van der Waals surface area contributed by atoms with Crippen molar-refractivity contribution in [3.8, 4) is 0 Å². The summed E-state index contributed by atoms with van der Waals surface area (Å²) in [6.07, 6.45) is -3.46. The molecule has 3 aromatic rings. The van der Waals surface area contributed by atoms with Crippen LogP contribution in [0.3, 0.4) is 0 Å². The molecular formula is C23H19BrF3N3O3S. The number of hydrogen-bond donors (Lipinski definition) is 1. The number of rotatable bonds is 7. The van der Waals surface area contributed by atoms with Crippen molar-refractivity contribution in [3.05, 3.63) is 94.0 Å². The summed E-state index contributed by atoms with van der Waals surface area (Å²) < 4.78 is 66.7. The molecule has 178 valence electrons. The van der Waals surface area contributed by atoms with Crippen molar-refractivity contribution in [3.63, 3.8) is 0 Å². The number of nitrogens with zero attached hydrogens (tertiary/aromatic N) is 2. The summed E-state index contributed by atoms with van der Waals surface area (Å²) in [6, 6.07) is 16.9. The summed E-state index contributed by atoms with van der Waals surface area (Å²) in [7, 11) is -4.10. The summed E-state index contributed by atoms with van der Waals surface area (Å²) in [5, 5.41) is 3.67. The fourth-order valence-electron chi connectivity index (χ4n) is 2.90. The van der Waals surface area contributed by atoms with Crippen LogP contribution < -0.4 is 9.73 Å². The van der Waals surface area contributed by atoms with Gasteiger partial charge in [-0.3, -0.25) is 9.10 Å². The van der Waals surface area contributed by atoms with Gasteiger partial charge in [0.1, 0.15) is 6.54 Å². The highest BCUT2D eigenvalue weighted by Gasteiger charge is 2.30. The summed E-state index contributed by atoms with van der Waals surface area (Å²) in [5.74, 6) is -0.776. The molecule has 6 nitrogen and oxygen atoms in total. The minimum Gasteiger partial charge on any atom is -0.271 e. The lowest BCUT2D eigenvalue weighted by Gasteiger charge is -2.23. The zero-order valence-corrected chi connectivity index (χ0v) is 20.2. The number of alkyl halides is 3. The number of amides is 1. The monoisotopic (exact) mass is 553 g/mol. The van der Waals surface area contributed by atoms with E-state index in [1.807, 2.05) is 6.92 Å². The van der Waals surface area contributed by atoms with Crippen LogP contribution in [0.5, 0.6) is 0 Å². The number of benzene rings is 3. The Morgan fingerprint density at radius 1 is 1.06 bits per heavy atom. The highest BCUT2D eigenvalue weighted by atomic mass is 79.9. The molecule has 0 atom stereocenters. The minimum atomic E-state index is -4.51. The second kappa shape index (κ2) is 10.4. The van der Waals surface area contributed by atoms with Gasteiger partial charge < -0.3 is 0 Å². The van der Waals surface area contributed by atoms with E-state index in [1.165, 1.54) is 36.4 Å². The first-order valence-corrected chi connectivity index (χ1v) is 12.0. The highest BCUT2D eigenvalue weighted by molar-refractivity contribution is 9.10. The Morgan fingerprint density at radius 3 is 2.32 bits per heavy atom. The lowest BCUT2D eigenvalue weighted by Crippen LogP contribution is -2.39. The second-order valence-electron chi connectivity index (χ2n) is 7.22. The molecule has 0 spiro atoms. The molecule has 0 aromatic heterocycles. The van der Waals surface area contributed by atoms with Crippen molar-refractivity contribution < 1.29 is 26.4 Å². The van der Waals surface area contributed by atoms with Crippen molar-refractivity contribution in [2.45, 2.75) is 18.0 Å². The first-order valence-electron chi connectivity index (χ1n) is 9.81. The van der Waals surface area contributed by atoms with Gasteiger partial charge in [0.2, 0.25) is 0 Å². The topological polar surface area (TPSA) is 78.8 Å². The van der Waals surface area contributed by atoms with Crippen molar-refractivity contribution in [2.75, 3.05) is 10.8 Å². The van der Waals surface area contributed by atoms with Crippen molar-refractivity contribution in [2.24, 2.45) is 5.10 Å². The maximum Gasteiger partial charge on any atom is 0.416 e. The fraction of sp³-hybridized carbons (Fsp3) is 0.130. The van der Waals surface area contributed by atoms with Crippen LogP contribution in [0.4, 0.5) is 18.9 Å². The zero-order chi connectivity index (χ0) is 24.9. The number of nitrogens with one attached hydrogen (secondary N) is 1. The Labute approximate surface area is 203 Å². The van der Waals surface area contributed by atoms with E-state index >= 15 is 0 Å². The molecule has 1 amide bonds. The molecule has 11 heteroatoms. The molecule has 0 aliphatic carbocycles. The molecule has 0 unspecified atom stereocenters. The molecule has 0 fully saturated rings. The van der Waals surface area contributed by atoms with Gasteiger partial charge in [-0.05, 0) is 61.0 Å². The van der Waals surface area contributed by atoms with Crippen molar-refractivity contribution >= 4 is 43.8 Å². The Balaban J connectivity index is 1.81. The van der Waals surface area contributed by atoms with Gasteiger partial charge in [-0.15, -0.1) is 0 Å². The second-order valence-corrected chi connectivity index (χ2v) is 10.00. The largest absolute Gasteiger partial charge is 0.416 e. The molecule has 1 N–H and O–H groups in total. The zero-order valence-electron chi connectivity index (χ0n) is 17.8. The maximum atomic E-state index is 13.3. The average Bonchev–Trinajstić information content (AvgIpc) is 2.78. The Bertz CT molecular complexity index is 1290. The molecule has 34 heavy (non-hydrogen) atoms. The van der Waals surface area contributed by atoms with Crippen LogP contribution in [-0.2, 0) is 21.0 Å². The lowest BCUT2D eigenvalue weighted by molar-refractivity contribution is -0.137. The molecule has 0 bridgehead atoms. The first kappa shape index (κ1) is 25.4. The molecule has 0 saturated heterocycles. The molecule has 3 aromatic carbocycles. The van der Waals surface area contributed by atoms with Gasteiger partial charge in [-0.1, -0.05) is 45.8 Å². The maximum absolute atomic E-state index is 13.3. The van der Waals surface area contributed by atoms with Gasteiger partial charge in [0.15, 0.2) is 0 Å². The van der Waals surface area contributed by atoms with Crippen LogP contribution in [0.25, 0.3) is 0 Å². The van der Waals surface area contributed by atoms with Crippen LogP contribution in [0, 0.1) is 6.92 Å². The Hall–Kier alpha value is -3.18. The Morgan fingerprint density at radius 2 is 1.71 bits per heavy atom. The number of halogens is 4. The minimum absolute atomic E-state index is 0.00119. The predicted octanol–water partition coefficient (Wildman–Crippen LogP) is 5.12. The van der Waals surface area contributed by atoms with E-state index in [4.69, 9.17) is 0 Å². The highest BCUT2D eigenvalue weighted by Crippen LogP contribution is 2.29. The number of sulfonamides is 1. The number of anilines is 1. The quantitative estimate of drug-likeness (QED) is 0.325. The van der Waals surface area contributed by atoms with Crippen LogP contribution in [-0.4, -0.2) is 27.1 Å². The van der Waals surface area contributed by atoms with E-state index in [9.17, 15) is 26.4 Å². The van der Waals surface area contributed by atoms with Gasteiger partial charge in [-0.2, -0.15) is 18.3 Å². The van der Waals surface area contributed by atoms with Gasteiger partial charge in [0.05, 0.1) is 22.4 Å². The average molecular weight is 554 g/mol. The summed E-state index contributed by atoms with van der Waals surface area (Å²) in [4.78, 5) is 12.5. The van der Waals surface area contributed by atoms with Crippen molar-refractivity contribution in [1.82, 2.24) is 5.43 Å². The number of hydrogen-bond acceptors (Lipinski definition) is 4. The fourth-order valence-corrected chi connectivity index (χ4v) is 4.59. The van der Waals surface area contributed by atoms with Gasteiger partial charge in [0.25, 0.3) is 15.9 Å². The van der Waals surface area contributed by atoms with Gasteiger partial charge in [0, 0.05) is 4.47 Å². The lowest BCUT2D eigenvalue weighted by atomic mass is 10.1. The standard InChI is InChI=1S/C23H19BrF3N3O3S/c1-16-5-11-21(12-6-16)34(32,33)30(20-9-7-19(24)8-10-20)15-22(31)29-28-14-17-3-2-4-18(13-17)23(25,26)27/h2-14H,15H2,1H3,(H,29,31)/b28-14-. The number of carbonyl (C=O) groups is 1. The molecule has 0 heterocycles. The third kappa shape index (κ3) is 6.45. The van der Waals surface area contributed by atoms with Crippen LogP contribution in [0.15, 0.2) is 87.3 Å². The van der Waals surface area contributed by atoms with E-state index in [1.54, 1.807) is 24.3 Å². The van der Waals surface area contributed by atoms with E-state index in [-0.39, 0.29) is 16.1 Å². The molecule has 0 aliphatic rings. The normalized spacial score (nSPS) is 12.0. The molecule has 0 radical (unpaired) electrons. The van der Waals surface area contributed by atoms with E-state index in [2.05, 4.69) is 26.5 Å². The molecule has 0 saturated carbocycles. The number of aryl methyl sites for hydroxylation is 1. The predicted molar refractivity (Wildman–Crippen MR) is 127 cm³/mol.